The van der Waals surface area contributed by atoms with Crippen LogP contribution >= 0.6 is 0 Å². The van der Waals surface area contributed by atoms with Crippen LogP contribution in [-0.2, 0) is 13.0 Å². The predicted molar refractivity (Wildman–Crippen MR) is 81.1 cm³/mol. The number of nitrogens with zero attached hydrogens (tertiary/aromatic N) is 2. The average molecular weight is 263 g/mol. The van der Waals surface area contributed by atoms with E-state index in [-0.39, 0.29) is 0 Å². The molecule has 0 saturated heterocycles. The molecule has 0 radical (unpaired) electrons. The van der Waals surface area contributed by atoms with Crippen LogP contribution in [0.2, 0.25) is 0 Å². The van der Waals surface area contributed by atoms with Gasteiger partial charge in [-0.2, -0.15) is 5.26 Å². The number of rotatable bonds is 2. The van der Waals surface area contributed by atoms with Gasteiger partial charge in [0.05, 0.1) is 11.3 Å². The van der Waals surface area contributed by atoms with Crippen LogP contribution in [0.5, 0.6) is 0 Å². The number of benzene rings is 2. The lowest BCUT2D eigenvalue weighted by Gasteiger charge is -2.24. The molecule has 2 aromatic carbocycles. The Labute approximate surface area is 119 Å². The summed E-state index contributed by atoms with van der Waals surface area (Å²) in [6.07, 6.45) is 1.09. The molecule has 3 rings (SSSR count). The second-order valence-corrected chi connectivity index (χ2v) is 5.07. The minimum atomic E-state index is 0.700. The highest BCUT2D eigenvalue weighted by Crippen LogP contribution is 2.29. The van der Waals surface area contributed by atoms with Gasteiger partial charge in [-0.05, 0) is 48.4 Å². The molecule has 0 unspecified atom stereocenters. The van der Waals surface area contributed by atoms with E-state index < -0.39 is 0 Å². The zero-order chi connectivity index (χ0) is 13.9. The summed E-state index contributed by atoms with van der Waals surface area (Å²) in [4.78, 5) is 2.08. The molecule has 3 heteroatoms. The van der Waals surface area contributed by atoms with Crippen molar-refractivity contribution in [3.8, 4) is 6.07 Å². The largest absolute Gasteiger partial charge is 0.344 e. The van der Waals surface area contributed by atoms with Crippen LogP contribution in [0, 0.1) is 11.3 Å². The van der Waals surface area contributed by atoms with E-state index in [1.54, 1.807) is 0 Å². The molecular weight excluding hydrogens is 246 g/mol. The van der Waals surface area contributed by atoms with E-state index in [9.17, 15) is 5.26 Å². The third kappa shape index (κ3) is 2.26. The van der Waals surface area contributed by atoms with E-state index in [0.29, 0.717) is 5.56 Å². The fourth-order valence-corrected chi connectivity index (χ4v) is 2.68. The SMILES string of the molecule is CN(c1ccc2c(c1)CNCC2)c1ccccc1C#N. The van der Waals surface area contributed by atoms with Crippen LogP contribution in [-0.4, -0.2) is 13.6 Å². The van der Waals surface area contributed by atoms with Gasteiger partial charge in [0.1, 0.15) is 6.07 Å². The number of hydrogen-bond acceptors (Lipinski definition) is 3. The number of anilines is 2. The van der Waals surface area contributed by atoms with Crippen LogP contribution in [0.4, 0.5) is 11.4 Å². The average Bonchev–Trinajstić information content (AvgIpc) is 2.53. The molecule has 20 heavy (non-hydrogen) atoms. The summed E-state index contributed by atoms with van der Waals surface area (Å²) in [6, 6.07) is 16.5. The lowest BCUT2D eigenvalue weighted by Crippen LogP contribution is -2.24. The normalized spacial score (nSPS) is 13.4. The molecule has 0 aliphatic carbocycles. The van der Waals surface area contributed by atoms with Gasteiger partial charge in [0.2, 0.25) is 0 Å². The molecule has 0 amide bonds. The molecule has 2 aromatic rings. The quantitative estimate of drug-likeness (QED) is 0.905. The fraction of sp³-hybridized carbons (Fsp3) is 0.235. The molecule has 0 bridgehead atoms. The molecule has 1 N–H and O–H groups in total. The summed E-state index contributed by atoms with van der Waals surface area (Å²) in [5, 5.41) is 12.6. The van der Waals surface area contributed by atoms with Crippen LogP contribution in [0.3, 0.4) is 0 Å². The van der Waals surface area contributed by atoms with Gasteiger partial charge in [0, 0.05) is 19.3 Å². The third-order valence-corrected chi connectivity index (χ3v) is 3.85. The Kier molecular flexibility index (Phi) is 3.41. The summed E-state index contributed by atoms with van der Waals surface area (Å²) < 4.78 is 0. The molecule has 1 heterocycles. The van der Waals surface area contributed by atoms with Crippen molar-refractivity contribution in [1.29, 1.82) is 5.26 Å². The van der Waals surface area contributed by atoms with Gasteiger partial charge in [0.15, 0.2) is 0 Å². The first-order valence-corrected chi connectivity index (χ1v) is 6.85. The monoisotopic (exact) mass is 263 g/mol. The second-order valence-electron chi connectivity index (χ2n) is 5.07. The first-order chi connectivity index (χ1) is 9.79. The molecule has 1 aliphatic rings. The Morgan fingerprint density at radius 1 is 1.15 bits per heavy atom. The first kappa shape index (κ1) is 12.7. The summed E-state index contributed by atoms with van der Waals surface area (Å²) >= 11 is 0. The molecular formula is C17H17N3. The van der Waals surface area contributed by atoms with Crippen LogP contribution in [0.15, 0.2) is 42.5 Å². The van der Waals surface area contributed by atoms with E-state index in [1.165, 1.54) is 11.1 Å². The van der Waals surface area contributed by atoms with Gasteiger partial charge < -0.3 is 10.2 Å². The van der Waals surface area contributed by atoms with Gasteiger partial charge in [-0.3, -0.25) is 0 Å². The standard InChI is InChI=1S/C17H17N3/c1-20(17-5-3-2-4-14(17)11-18)16-7-6-13-8-9-19-12-15(13)10-16/h2-7,10,19H,8-9,12H2,1H3. The number of nitriles is 1. The number of para-hydroxylation sites is 1. The maximum atomic E-state index is 9.22. The minimum Gasteiger partial charge on any atom is -0.344 e. The van der Waals surface area contributed by atoms with Crippen molar-refractivity contribution in [3.63, 3.8) is 0 Å². The van der Waals surface area contributed by atoms with E-state index in [2.05, 4.69) is 34.5 Å². The fourth-order valence-electron chi connectivity index (χ4n) is 2.68. The second kappa shape index (κ2) is 5.36. The highest BCUT2D eigenvalue weighted by molar-refractivity contribution is 5.69. The van der Waals surface area contributed by atoms with Crippen LogP contribution in [0.1, 0.15) is 16.7 Å². The van der Waals surface area contributed by atoms with Gasteiger partial charge >= 0.3 is 0 Å². The molecule has 0 aromatic heterocycles. The summed E-state index contributed by atoms with van der Waals surface area (Å²) in [5.74, 6) is 0. The van der Waals surface area contributed by atoms with Crippen LogP contribution in [0.25, 0.3) is 0 Å². The zero-order valence-corrected chi connectivity index (χ0v) is 11.6. The lowest BCUT2D eigenvalue weighted by atomic mass is 10.00. The summed E-state index contributed by atoms with van der Waals surface area (Å²) in [7, 11) is 2.01. The van der Waals surface area contributed by atoms with E-state index in [1.807, 2.05) is 31.3 Å². The first-order valence-electron chi connectivity index (χ1n) is 6.85. The molecule has 0 fully saturated rings. The van der Waals surface area contributed by atoms with Crippen molar-refractivity contribution in [1.82, 2.24) is 5.32 Å². The van der Waals surface area contributed by atoms with E-state index >= 15 is 0 Å². The summed E-state index contributed by atoms with van der Waals surface area (Å²) in [6.45, 7) is 1.98. The number of nitrogens with one attached hydrogen (secondary N) is 1. The highest BCUT2D eigenvalue weighted by Gasteiger charge is 2.13. The van der Waals surface area contributed by atoms with E-state index in [4.69, 9.17) is 0 Å². The molecule has 100 valence electrons. The number of fused-ring (bicyclic) bond motifs is 1. The Morgan fingerprint density at radius 2 is 2.00 bits per heavy atom. The Balaban J connectivity index is 1.98. The van der Waals surface area contributed by atoms with Crippen molar-refractivity contribution in [2.45, 2.75) is 13.0 Å². The van der Waals surface area contributed by atoms with Crippen molar-refractivity contribution in [2.24, 2.45) is 0 Å². The van der Waals surface area contributed by atoms with E-state index in [0.717, 1.165) is 30.9 Å². The molecule has 0 spiro atoms. The minimum absolute atomic E-state index is 0.700. The molecule has 1 aliphatic heterocycles. The Morgan fingerprint density at radius 3 is 2.85 bits per heavy atom. The summed E-state index contributed by atoms with van der Waals surface area (Å²) in [5.41, 5.74) is 5.55. The maximum absolute atomic E-state index is 9.22. The van der Waals surface area contributed by atoms with Crippen LogP contribution < -0.4 is 10.2 Å². The van der Waals surface area contributed by atoms with Gasteiger partial charge in [0.25, 0.3) is 0 Å². The van der Waals surface area contributed by atoms with Crippen molar-refractivity contribution in [3.05, 3.63) is 59.2 Å². The molecule has 0 atom stereocenters. The predicted octanol–water partition coefficient (Wildman–Crippen LogP) is 2.97. The molecule has 0 saturated carbocycles. The Hall–Kier alpha value is -2.31. The lowest BCUT2D eigenvalue weighted by molar-refractivity contribution is 0.644. The highest BCUT2D eigenvalue weighted by atomic mass is 15.1. The zero-order valence-electron chi connectivity index (χ0n) is 11.6. The van der Waals surface area contributed by atoms with Crippen molar-refractivity contribution >= 4 is 11.4 Å². The Bertz CT molecular complexity index is 670. The third-order valence-electron chi connectivity index (χ3n) is 3.85. The number of hydrogen-bond donors (Lipinski definition) is 1. The van der Waals surface area contributed by atoms with Crippen molar-refractivity contribution in [2.75, 3.05) is 18.5 Å². The molecule has 3 nitrogen and oxygen atoms in total. The van der Waals surface area contributed by atoms with Crippen molar-refractivity contribution < 1.29 is 0 Å². The van der Waals surface area contributed by atoms with Gasteiger partial charge in [-0.1, -0.05) is 18.2 Å². The van der Waals surface area contributed by atoms with Gasteiger partial charge in [-0.25, -0.2) is 0 Å². The maximum Gasteiger partial charge on any atom is 0.101 e. The smallest absolute Gasteiger partial charge is 0.101 e. The topological polar surface area (TPSA) is 39.1 Å². The van der Waals surface area contributed by atoms with Gasteiger partial charge in [-0.15, -0.1) is 0 Å².